The molecule has 1 N–H and O–H groups in total. The summed E-state index contributed by atoms with van der Waals surface area (Å²) >= 11 is 6.22. The van der Waals surface area contributed by atoms with Crippen molar-refractivity contribution in [3.8, 4) is 0 Å². The number of furan rings is 1. The van der Waals surface area contributed by atoms with Gasteiger partial charge in [0.05, 0.1) is 6.26 Å². The fourth-order valence-electron chi connectivity index (χ4n) is 3.26. The number of nitrogens with zero attached hydrogens (tertiary/aromatic N) is 3. The molecule has 1 fully saturated rings. The van der Waals surface area contributed by atoms with E-state index in [1.807, 2.05) is 23.1 Å². The summed E-state index contributed by atoms with van der Waals surface area (Å²) in [6.07, 6.45) is 3.38. The fourth-order valence-corrected chi connectivity index (χ4v) is 3.49. The van der Waals surface area contributed by atoms with Gasteiger partial charge in [-0.3, -0.25) is 9.79 Å². The molecule has 6 nitrogen and oxygen atoms in total. The van der Waals surface area contributed by atoms with Gasteiger partial charge in [-0.1, -0.05) is 29.8 Å². The van der Waals surface area contributed by atoms with Crippen molar-refractivity contribution >= 4 is 23.5 Å². The van der Waals surface area contributed by atoms with Crippen LogP contribution in [0.25, 0.3) is 0 Å². The monoisotopic (exact) mass is 402 g/mol. The van der Waals surface area contributed by atoms with E-state index in [0.717, 1.165) is 55.6 Å². The topological polar surface area (TPSA) is 61.1 Å². The molecule has 0 aliphatic carbocycles. The van der Waals surface area contributed by atoms with Crippen molar-refractivity contribution in [2.75, 3.05) is 39.3 Å². The number of benzene rings is 1. The largest absolute Gasteiger partial charge is 0.459 e. The predicted octanol–water partition coefficient (Wildman–Crippen LogP) is 3.29. The summed E-state index contributed by atoms with van der Waals surface area (Å²) in [5, 5.41) is 4.18. The van der Waals surface area contributed by atoms with Crippen LogP contribution in [-0.2, 0) is 6.42 Å². The van der Waals surface area contributed by atoms with Crippen molar-refractivity contribution in [2.45, 2.75) is 19.8 Å². The Labute approximate surface area is 171 Å². The number of nitrogens with one attached hydrogen (secondary N) is 1. The van der Waals surface area contributed by atoms with Crippen LogP contribution in [-0.4, -0.2) is 60.9 Å². The zero-order chi connectivity index (χ0) is 19.8. The van der Waals surface area contributed by atoms with Crippen LogP contribution in [0.3, 0.4) is 0 Å². The molecule has 1 aliphatic rings. The second-order valence-electron chi connectivity index (χ2n) is 6.69. The summed E-state index contributed by atoms with van der Waals surface area (Å²) in [4.78, 5) is 21.2. The molecule has 0 atom stereocenters. The number of carbonyl (C=O) groups excluding carboxylic acids is 1. The molecule has 150 valence electrons. The van der Waals surface area contributed by atoms with Crippen molar-refractivity contribution in [2.24, 2.45) is 4.99 Å². The van der Waals surface area contributed by atoms with Crippen molar-refractivity contribution in [3.63, 3.8) is 0 Å². The summed E-state index contributed by atoms with van der Waals surface area (Å²) in [6.45, 7) is 6.43. The van der Waals surface area contributed by atoms with E-state index in [-0.39, 0.29) is 5.91 Å². The molecule has 1 aromatic heterocycles. The Bertz CT molecular complexity index is 783. The van der Waals surface area contributed by atoms with E-state index in [1.54, 1.807) is 12.1 Å². The van der Waals surface area contributed by atoms with Crippen LogP contribution < -0.4 is 5.32 Å². The molecule has 3 rings (SSSR count). The molecule has 2 heterocycles. The number of aliphatic imine (C=N–C) groups is 1. The summed E-state index contributed by atoms with van der Waals surface area (Å²) in [5.74, 6) is 1.26. The van der Waals surface area contributed by atoms with Gasteiger partial charge in [0, 0.05) is 44.3 Å². The highest BCUT2D eigenvalue weighted by atomic mass is 35.5. The molecule has 1 aliphatic heterocycles. The molecule has 2 aromatic rings. The number of piperazine rings is 1. The molecule has 0 unspecified atom stereocenters. The molecular weight excluding hydrogens is 376 g/mol. The Morgan fingerprint density at radius 3 is 2.57 bits per heavy atom. The van der Waals surface area contributed by atoms with Crippen LogP contribution in [0.1, 0.15) is 29.5 Å². The van der Waals surface area contributed by atoms with E-state index in [9.17, 15) is 4.79 Å². The highest BCUT2D eigenvalue weighted by molar-refractivity contribution is 6.31. The Kier molecular flexibility index (Phi) is 7.37. The van der Waals surface area contributed by atoms with Crippen LogP contribution in [0, 0.1) is 0 Å². The number of halogens is 1. The molecule has 7 heteroatoms. The first kappa shape index (κ1) is 20.3. The number of carbonyl (C=O) groups is 1. The third-order valence-corrected chi connectivity index (χ3v) is 5.13. The maximum atomic E-state index is 12.4. The normalized spacial score (nSPS) is 15.0. The van der Waals surface area contributed by atoms with Crippen LogP contribution >= 0.6 is 11.6 Å². The minimum atomic E-state index is -0.0497. The average Bonchev–Trinajstić information content (AvgIpc) is 3.26. The van der Waals surface area contributed by atoms with Crippen molar-refractivity contribution < 1.29 is 9.21 Å². The van der Waals surface area contributed by atoms with Gasteiger partial charge < -0.3 is 19.5 Å². The maximum absolute atomic E-state index is 12.4. The predicted molar refractivity (Wildman–Crippen MR) is 112 cm³/mol. The quantitative estimate of drug-likeness (QED) is 0.457. The minimum Gasteiger partial charge on any atom is -0.459 e. The van der Waals surface area contributed by atoms with E-state index in [1.165, 1.54) is 6.26 Å². The van der Waals surface area contributed by atoms with E-state index in [0.29, 0.717) is 18.8 Å². The van der Waals surface area contributed by atoms with Crippen molar-refractivity contribution in [1.82, 2.24) is 15.1 Å². The average molecular weight is 403 g/mol. The lowest BCUT2D eigenvalue weighted by atomic mass is 10.1. The third-order valence-electron chi connectivity index (χ3n) is 4.76. The highest BCUT2D eigenvalue weighted by Gasteiger charge is 2.25. The molecule has 1 amide bonds. The van der Waals surface area contributed by atoms with Gasteiger partial charge in [-0.05, 0) is 43.5 Å². The third kappa shape index (κ3) is 5.29. The van der Waals surface area contributed by atoms with Crippen molar-refractivity contribution in [1.29, 1.82) is 0 Å². The van der Waals surface area contributed by atoms with Gasteiger partial charge in [-0.25, -0.2) is 0 Å². The van der Waals surface area contributed by atoms with Gasteiger partial charge >= 0.3 is 0 Å². The number of hydrogen-bond acceptors (Lipinski definition) is 3. The summed E-state index contributed by atoms with van der Waals surface area (Å²) in [6, 6.07) is 11.4. The molecule has 28 heavy (non-hydrogen) atoms. The second kappa shape index (κ2) is 10.2. The lowest BCUT2D eigenvalue weighted by Gasteiger charge is -2.36. The Morgan fingerprint density at radius 1 is 1.14 bits per heavy atom. The van der Waals surface area contributed by atoms with Crippen LogP contribution in [0.15, 0.2) is 52.1 Å². The molecule has 1 aromatic carbocycles. The van der Waals surface area contributed by atoms with Gasteiger partial charge in [0.15, 0.2) is 11.7 Å². The van der Waals surface area contributed by atoms with Gasteiger partial charge in [0.25, 0.3) is 5.91 Å². The first-order chi connectivity index (χ1) is 13.7. The molecule has 1 saturated heterocycles. The Hall–Kier alpha value is -2.47. The zero-order valence-electron chi connectivity index (χ0n) is 16.2. The molecule has 0 radical (unpaired) electrons. The molecule has 0 bridgehead atoms. The number of amides is 1. The van der Waals surface area contributed by atoms with Crippen LogP contribution in [0.4, 0.5) is 0 Å². The molecule has 0 saturated carbocycles. The van der Waals surface area contributed by atoms with E-state index in [4.69, 9.17) is 21.0 Å². The number of guanidine groups is 1. The first-order valence-corrected chi connectivity index (χ1v) is 10.2. The first-order valence-electron chi connectivity index (χ1n) is 9.78. The number of aryl methyl sites for hydroxylation is 1. The van der Waals surface area contributed by atoms with E-state index in [2.05, 4.69) is 23.2 Å². The van der Waals surface area contributed by atoms with E-state index >= 15 is 0 Å². The SMILES string of the molecule is CCNC(=NCCCc1ccccc1Cl)N1CCN(C(=O)c2ccco2)CC1. The lowest BCUT2D eigenvalue weighted by Crippen LogP contribution is -2.53. The molecular formula is C21H27ClN4O2. The standard InChI is InChI=1S/C21H27ClN4O2/c1-2-23-21(24-11-5-8-17-7-3-4-9-18(17)22)26-14-12-25(13-15-26)20(27)19-10-6-16-28-19/h3-4,6-7,9-10,16H,2,5,8,11-15H2,1H3,(H,23,24). The maximum Gasteiger partial charge on any atom is 0.289 e. The number of hydrogen-bond donors (Lipinski definition) is 1. The van der Waals surface area contributed by atoms with Gasteiger partial charge in [0.2, 0.25) is 0 Å². The molecule has 0 spiro atoms. The minimum absolute atomic E-state index is 0.0497. The highest BCUT2D eigenvalue weighted by Crippen LogP contribution is 2.16. The van der Waals surface area contributed by atoms with E-state index < -0.39 is 0 Å². The van der Waals surface area contributed by atoms with Crippen molar-refractivity contribution in [3.05, 3.63) is 59.0 Å². The Morgan fingerprint density at radius 2 is 1.89 bits per heavy atom. The van der Waals surface area contributed by atoms with Gasteiger partial charge in [-0.15, -0.1) is 0 Å². The smallest absolute Gasteiger partial charge is 0.289 e. The fraction of sp³-hybridized carbons (Fsp3) is 0.429. The van der Waals surface area contributed by atoms with Gasteiger partial charge in [0.1, 0.15) is 0 Å². The summed E-state index contributed by atoms with van der Waals surface area (Å²) in [5.41, 5.74) is 1.16. The lowest BCUT2D eigenvalue weighted by molar-refractivity contribution is 0.0657. The number of rotatable bonds is 6. The summed E-state index contributed by atoms with van der Waals surface area (Å²) < 4.78 is 5.22. The van der Waals surface area contributed by atoms with Gasteiger partial charge in [-0.2, -0.15) is 0 Å². The van der Waals surface area contributed by atoms with Crippen LogP contribution in [0.2, 0.25) is 5.02 Å². The van der Waals surface area contributed by atoms with Crippen LogP contribution in [0.5, 0.6) is 0 Å². The Balaban J connectivity index is 1.50. The summed E-state index contributed by atoms with van der Waals surface area (Å²) in [7, 11) is 0. The second-order valence-corrected chi connectivity index (χ2v) is 7.09. The zero-order valence-corrected chi connectivity index (χ0v) is 17.0.